The second kappa shape index (κ2) is 11.0. The summed E-state index contributed by atoms with van der Waals surface area (Å²) in [4.78, 5) is 33.8. The lowest BCUT2D eigenvalue weighted by molar-refractivity contribution is 0.0602. The number of nitrogens with one attached hydrogen (secondary N) is 1. The Labute approximate surface area is 214 Å². The van der Waals surface area contributed by atoms with Gasteiger partial charge in [-0.1, -0.05) is 30.3 Å². The van der Waals surface area contributed by atoms with Crippen LogP contribution in [0.5, 0.6) is 0 Å². The van der Waals surface area contributed by atoms with Gasteiger partial charge in [-0.2, -0.15) is 0 Å². The summed E-state index contributed by atoms with van der Waals surface area (Å²) in [5, 5.41) is 2.71. The SMILES string of the molecule is COC(=O)c1cc2nc(C3CCC(COCc4ccccc4)CC3)oc2cc1NC(=O)c1coc(C)n1. The standard InChI is InChI=1S/C28H29N3O6/c1-17-29-24(16-36-17)26(32)30-22-13-25-23(12-21(22)28(33)34-2)31-27(37-25)20-10-8-19(9-11-20)15-35-14-18-6-4-3-5-7-18/h3-7,12-13,16,19-20H,8-11,14-15H2,1-2H3,(H,30,32). The van der Waals surface area contributed by atoms with Crippen molar-refractivity contribution in [1.29, 1.82) is 0 Å². The zero-order valence-electron chi connectivity index (χ0n) is 20.9. The van der Waals surface area contributed by atoms with Gasteiger partial charge in [0.05, 0.1) is 25.0 Å². The highest BCUT2D eigenvalue weighted by Gasteiger charge is 2.27. The molecule has 1 aliphatic rings. The summed E-state index contributed by atoms with van der Waals surface area (Å²) in [6.07, 6.45) is 5.22. The normalized spacial score (nSPS) is 17.6. The summed E-state index contributed by atoms with van der Waals surface area (Å²) in [5.41, 5.74) is 2.76. The van der Waals surface area contributed by atoms with Gasteiger partial charge in [0.1, 0.15) is 11.8 Å². The maximum Gasteiger partial charge on any atom is 0.340 e. The third-order valence-electron chi connectivity index (χ3n) is 6.71. The van der Waals surface area contributed by atoms with Gasteiger partial charge in [-0.15, -0.1) is 0 Å². The number of amides is 1. The molecule has 192 valence electrons. The van der Waals surface area contributed by atoms with E-state index in [2.05, 4.69) is 27.4 Å². The molecule has 0 unspecified atom stereocenters. The molecule has 1 fully saturated rings. The molecule has 1 saturated carbocycles. The molecule has 0 spiro atoms. The number of aryl methyl sites for hydroxylation is 1. The van der Waals surface area contributed by atoms with Crippen molar-refractivity contribution >= 4 is 28.7 Å². The highest BCUT2D eigenvalue weighted by atomic mass is 16.5. The highest BCUT2D eigenvalue weighted by molar-refractivity contribution is 6.08. The number of oxazole rings is 2. The molecule has 9 heteroatoms. The third kappa shape index (κ3) is 5.72. The number of fused-ring (bicyclic) bond motifs is 1. The van der Waals surface area contributed by atoms with Crippen molar-refractivity contribution in [2.75, 3.05) is 19.0 Å². The number of methoxy groups -OCH3 is 1. The minimum Gasteiger partial charge on any atom is -0.465 e. The second-order valence-corrected chi connectivity index (χ2v) is 9.33. The first-order valence-corrected chi connectivity index (χ1v) is 12.4. The monoisotopic (exact) mass is 503 g/mol. The molecule has 1 amide bonds. The van der Waals surface area contributed by atoms with Crippen LogP contribution in [-0.2, 0) is 16.1 Å². The zero-order valence-corrected chi connectivity index (χ0v) is 20.9. The van der Waals surface area contributed by atoms with Crippen molar-refractivity contribution in [3.63, 3.8) is 0 Å². The molecule has 5 rings (SSSR count). The Morgan fingerprint density at radius 3 is 2.57 bits per heavy atom. The Kier molecular flexibility index (Phi) is 7.32. The molecule has 0 atom stereocenters. The molecule has 37 heavy (non-hydrogen) atoms. The van der Waals surface area contributed by atoms with E-state index in [1.165, 1.54) is 18.9 Å². The smallest absolute Gasteiger partial charge is 0.340 e. The average molecular weight is 504 g/mol. The Balaban J connectivity index is 1.26. The average Bonchev–Trinajstić information content (AvgIpc) is 3.55. The first-order chi connectivity index (χ1) is 18.0. The third-order valence-corrected chi connectivity index (χ3v) is 6.71. The molecule has 2 aromatic heterocycles. The molecule has 0 saturated heterocycles. The Morgan fingerprint density at radius 1 is 1.08 bits per heavy atom. The van der Waals surface area contributed by atoms with E-state index < -0.39 is 11.9 Å². The number of esters is 1. The van der Waals surface area contributed by atoms with Gasteiger partial charge in [-0.3, -0.25) is 4.79 Å². The topological polar surface area (TPSA) is 117 Å². The van der Waals surface area contributed by atoms with Crippen molar-refractivity contribution in [3.8, 4) is 0 Å². The van der Waals surface area contributed by atoms with Crippen molar-refractivity contribution < 1.29 is 27.9 Å². The van der Waals surface area contributed by atoms with E-state index >= 15 is 0 Å². The van der Waals surface area contributed by atoms with Gasteiger partial charge < -0.3 is 23.6 Å². The summed E-state index contributed by atoms with van der Waals surface area (Å²) in [6.45, 7) is 3.01. The van der Waals surface area contributed by atoms with E-state index in [4.69, 9.17) is 18.3 Å². The van der Waals surface area contributed by atoms with Gasteiger partial charge in [0.15, 0.2) is 23.1 Å². The summed E-state index contributed by atoms with van der Waals surface area (Å²) in [5.74, 6) is 0.618. The minimum atomic E-state index is -0.589. The molecular weight excluding hydrogens is 474 g/mol. The molecule has 4 aromatic rings. The molecule has 2 heterocycles. The quantitative estimate of drug-likeness (QED) is 0.306. The number of ether oxygens (including phenoxy) is 2. The number of carbonyl (C=O) groups excluding carboxylic acids is 2. The first-order valence-electron chi connectivity index (χ1n) is 12.4. The number of rotatable bonds is 8. The fraction of sp³-hybridized carbons (Fsp3) is 0.357. The van der Waals surface area contributed by atoms with E-state index in [9.17, 15) is 9.59 Å². The van der Waals surface area contributed by atoms with Crippen LogP contribution in [0.25, 0.3) is 11.1 Å². The van der Waals surface area contributed by atoms with Crippen LogP contribution in [0.1, 0.15) is 69.8 Å². The molecule has 0 aliphatic heterocycles. The van der Waals surface area contributed by atoms with Crippen LogP contribution < -0.4 is 5.32 Å². The van der Waals surface area contributed by atoms with Gasteiger partial charge in [0.2, 0.25) is 0 Å². The summed E-state index contributed by atoms with van der Waals surface area (Å²) in [7, 11) is 1.29. The lowest BCUT2D eigenvalue weighted by Crippen LogP contribution is -2.18. The van der Waals surface area contributed by atoms with E-state index in [1.54, 1.807) is 19.1 Å². The molecule has 9 nitrogen and oxygen atoms in total. The Hall–Kier alpha value is -3.98. The van der Waals surface area contributed by atoms with Crippen LogP contribution >= 0.6 is 0 Å². The van der Waals surface area contributed by atoms with E-state index in [0.29, 0.717) is 35.4 Å². The lowest BCUT2D eigenvalue weighted by Gasteiger charge is -2.26. The molecule has 0 bridgehead atoms. The Morgan fingerprint density at radius 2 is 1.86 bits per heavy atom. The predicted molar refractivity (Wildman–Crippen MR) is 135 cm³/mol. The zero-order chi connectivity index (χ0) is 25.8. The summed E-state index contributed by atoms with van der Waals surface area (Å²) < 4.78 is 22.1. The number of aromatic nitrogens is 2. The van der Waals surface area contributed by atoms with Crippen LogP contribution in [0.4, 0.5) is 5.69 Å². The largest absolute Gasteiger partial charge is 0.465 e. The number of hydrogen-bond donors (Lipinski definition) is 1. The van der Waals surface area contributed by atoms with Crippen molar-refractivity contribution in [3.05, 3.63) is 77.3 Å². The van der Waals surface area contributed by atoms with Crippen LogP contribution in [0.2, 0.25) is 0 Å². The van der Waals surface area contributed by atoms with Gasteiger partial charge in [0.25, 0.3) is 5.91 Å². The summed E-state index contributed by atoms with van der Waals surface area (Å²) in [6, 6.07) is 13.4. The molecule has 2 aromatic carbocycles. The molecule has 1 N–H and O–H groups in total. The number of hydrogen-bond acceptors (Lipinski definition) is 8. The van der Waals surface area contributed by atoms with E-state index in [1.807, 2.05) is 18.2 Å². The fourth-order valence-electron chi connectivity index (χ4n) is 4.70. The molecular formula is C28H29N3O6. The number of benzene rings is 2. The van der Waals surface area contributed by atoms with Crippen molar-refractivity contribution in [2.45, 2.75) is 45.1 Å². The second-order valence-electron chi connectivity index (χ2n) is 9.33. The maximum atomic E-state index is 12.6. The van der Waals surface area contributed by atoms with Gasteiger partial charge in [-0.25, -0.2) is 14.8 Å². The van der Waals surface area contributed by atoms with E-state index in [0.717, 1.165) is 32.3 Å². The predicted octanol–water partition coefficient (Wildman–Crippen LogP) is 5.65. The highest BCUT2D eigenvalue weighted by Crippen LogP contribution is 2.37. The minimum absolute atomic E-state index is 0.108. The number of anilines is 1. The van der Waals surface area contributed by atoms with Crippen LogP contribution in [-0.4, -0.2) is 35.6 Å². The van der Waals surface area contributed by atoms with Gasteiger partial charge in [-0.05, 0) is 43.2 Å². The van der Waals surface area contributed by atoms with Crippen molar-refractivity contribution in [1.82, 2.24) is 9.97 Å². The maximum absolute atomic E-state index is 12.6. The number of carbonyl (C=O) groups is 2. The fourth-order valence-corrected chi connectivity index (χ4v) is 4.70. The van der Waals surface area contributed by atoms with Crippen LogP contribution in [0.3, 0.4) is 0 Å². The molecule has 0 radical (unpaired) electrons. The van der Waals surface area contributed by atoms with E-state index in [-0.39, 0.29) is 22.9 Å². The lowest BCUT2D eigenvalue weighted by atomic mass is 9.82. The Bertz CT molecular complexity index is 1390. The van der Waals surface area contributed by atoms with Crippen LogP contribution in [0.15, 0.2) is 57.6 Å². The number of nitrogens with zero attached hydrogens (tertiary/aromatic N) is 2. The van der Waals surface area contributed by atoms with Gasteiger partial charge in [0, 0.05) is 25.5 Å². The van der Waals surface area contributed by atoms with Crippen molar-refractivity contribution in [2.24, 2.45) is 5.92 Å². The van der Waals surface area contributed by atoms with Crippen LogP contribution in [0, 0.1) is 12.8 Å². The van der Waals surface area contributed by atoms with Gasteiger partial charge >= 0.3 is 5.97 Å². The first kappa shape index (κ1) is 24.7. The molecule has 1 aliphatic carbocycles. The summed E-state index contributed by atoms with van der Waals surface area (Å²) >= 11 is 0.